The number of nitrogen functional groups attached to an aromatic ring is 1. The van der Waals surface area contributed by atoms with Crippen LogP contribution in [0, 0.1) is 0 Å². The molecule has 0 amide bonds. The van der Waals surface area contributed by atoms with Gasteiger partial charge in [0, 0.05) is 19.7 Å². The minimum Gasteiger partial charge on any atom is -0.384 e. The van der Waals surface area contributed by atoms with E-state index < -0.39 is 0 Å². The summed E-state index contributed by atoms with van der Waals surface area (Å²) in [5.74, 6) is 1.47. The smallest absolute Gasteiger partial charge is 0.131 e. The van der Waals surface area contributed by atoms with Crippen LogP contribution in [-0.2, 0) is 4.74 Å². The Morgan fingerprint density at radius 3 is 2.80 bits per heavy atom. The van der Waals surface area contributed by atoms with Gasteiger partial charge in [0.05, 0.1) is 6.61 Å². The molecule has 0 saturated heterocycles. The van der Waals surface area contributed by atoms with Gasteiger partial charge in [0.2, 0.25) is 0 Å². The zero-order chi connectivity index (χ0) is 11.1. The monoisotopic (exact) mass is 209 g/mol. The summed E-state index contributed by atoms with van der Waals surface area (Å²) < 4.78 is 5.32. The van der Waals surface area contributed by atoms with Crippen LogP contribution < -0.4 is 10.6 Å². The molecule has 0 aliphatic rings. The van der Waals surface area contributed by atoms with E-state index in [1.165, 1.54) is 0 Å². The number of hydrogen-bond donors (Lipinski definition) is 1. The van der Waals surface area contributed by atoms with Crippen molar-refractivity contribution >= 4 is 11.6 Å². The molecule has 0 radical (unpaired) electrons. The van der Waals surface area contributed by atoms with E-state index in [1.807, 2.05) is 19.1 Å². The van der Waals surface area contributed by atoms with Gasteiger partial charge in [-0.2, -0.15) is 0 Å². The lowest BCUT2D eigenvalue weighted by atomic mass is 10.4. The maximum Gasteiger partial charge on any atom is 0.131 e. The van der Waals surface area contributed by atoms with Gasteiger partial charge in [-0.1, -0.05) is 6.07 Å². The second-order valence-electron chi connectivity index (χ2n) is 3.20. The van der Waals surface area contributed by atoms with E-state index in [1.54, 1.807) is 6.07 Å². The number of likely N-dealkylation sites (N-methyl/N-ethyl adjacent to an activating group) is 1. The average Bonchev–Trinajstić information content (AvgIpc) is 2.24. The second-order valence-corrected chi connectivity index (χ2v) is 3.20. The molecule has 0 unspecified atom stereocenters. The predicted molar refractivity (Wildman–Crippen MR) is 63.0 cm³/mol. The Morgan fingerprint density at radius 2 is 2.20 bits per heavy atom. The number of nitrogens with zero attached hydrogens (tertiary/aromatic N) is 2. The molecule has 4 heteroatoms. The first-order chi connectivity index (χ1) is 7.27. The predicted octanol–water partition coefficient (Wildman–Crippen LogP) is 1.53. The highest BCUT2D eigenvalue weighted by molar-refractivity contribution is 5.44. The van der Waals surface area contributed by atoms with Crippen molar-refractivity contribution in [3.8, 4) is 0 Å². The summed E-state index contributed by atoms with van der Waals surface area (Å²) in [5.41, 5.74) is 5.64. The van der Waals surface area contributed by atoms with Crippen LogP contribution in [0.1, 0.15) is 13.8 Å². The van der Waals surface area contributed by atoms with E-state index in [2.05, 4.69) is 16.8 Å². The molecule has 15 heavy (non-hydrogen) atoms. The Kier molecular flexibility index (Phi) is 4.90. The molecule has 1 aromatic heterocycles. The van der Waals surface area contributed by atoms with Crippen molar-refractivity contribution in [2.24, 2.45) is 0 Å². The van der Waals surface area contributed by atoms with Crippen LogP contribution in [0.5, 0.6) is 0 Å². The number of aromatic nitrogens is 1. The summed E-state index contributed by atoms with van der Waals surface area (Å²) in [6.45, 7) is 7.32. The third-order valence-corrected chi connectivity index (χ3v) is 2.17. The number of nitrogens with two attached hydrogens (primary N) is 1. The van der Waals surface area contributed by atoms with Crippen LogP contribution >= 0.6 is 0 Å². The van der Waals surface area contributed by atoms with Crippen LogP contribution in [0.2, 0.25) is 0 Å². The molecule has 0 fully saturated rings. The molecule has 84 valence electrons. The molecule has 0 aliphatic carbocycles. The molecule has 1 heterocycles. The maximum atomic E-state index is 5.64. The SMILES string of the molecule is CCOCCN(CC)c1cccc(N)n1. The fourth-order valence-corrected chi connectivity index (χ4v) is 1.37. The molecule has 0 saturated carbocycles. The lowest BCUT2D eigenvalue weighted by Gasteiger charge is -2.21. The minimum absolute atomic E-state index is 0.558. The van der Waals surface area contributed by atoms with Gasteiger partial charge in [-0.25, -0.2) is 4.98 Å². The van der Waals surface area contributed by atoms with Gasteiger partial charge in [-0.05, 0) is 26.0 Å². The molecule has 2 N–H and O–H groups in total. The van der Waals surface area contributed by atoms with Crippen LogP contribution in [0.4, 0.5) is 11.6 Å². The van der Waals surface area contributed by atoms with Gasteiger partial charge < -0.3 is 15.4 Å². The van der Waals surface area contributed by atoms with Crippen molar-refractivity contribution in [3.63, 3.8) is 0 Å². The third-order valence-electron chi connectivity index (χ3n) is 2.17. The summed E-state index contributed by atoms with van der Waals surface area (Å²) in [5, 5.41) is 0. The van der Waals surface area contributed by atoms with E-state index in [-0.39, 0.29) is 0 Å². The van der Waals surface area contributed by atoms with Gasteiger partial charge in [-0.3, -0.25) is 0 Å². The van der Waals surface area contributed by atoms with E-state index in [0.717, 1.165) is 32.1 Å². The van der Waals surface area contributed by atoms with Crippen molar-refractivity contribution < 1.29 is 4.74 Å². The molecule has 0 aromatic carbocycles. The molecule has 1 aromatic rings. The normalized spacial score (nSPS) is 10.3. The van der Waals surface area contributed by atoms with Gasteiger partial charge >= 0.3 is 0 Å². The Bertz CT molecular complexity index is 291. The van der Waals surface area contributed by atoms with E-state index in [4.69, 9.17) is 10.5 Å². The number of rotatable bonds is 6. The van der Waals surface area contributed by atoms with Gasteiger partial charge in [0.1, 0.15) is 11.6 Å². The van der Waals surface area contributed by atoms with Gasteiger partial charge in [0.25, 0.3) is 0 Å². The first-order valence-electron chi connectivity index (χ1n) is 5.33. The van der Waals surface area contributed by atoms with E-state index >= 15 is 0 Å². The zero-order valence-corrected chi connectivity index (χ0v) is 9.44. The number of ether oxygens (including phenoxy) is 1. The lowest BCUT2D eigenvalue weighted by molar-refractivity contribution is 0.154. The molecule has 0 spiro atoms. The standard InChI is InChI=1S/C11H19N3O/c1-3-14(8-9-15-4-2)11-7-5-6-10(12)13-11/h5-7H,3-4,8-9H2,1-2H3,(H2,12,13). The molecular weight excluding hydrogens is 190 g/mol. The molecule has 4 nitrogen and oxygen atoms in total. The van der Waals surface area contributed by atoms with Crippen LogP contribution in [-0.4, -0.2) is 31.3 Å². The molecular formula is C11H19N3O. The highest BCUT2D eigenvalue weighted by atomic mass is 16.5. The first-order valence-corrected chi connectivity index (χ1v) is 5.33. The van der Waals surface area contributed by atoms with Gasteiger partial charge in [0.15, 0.2) is 0 Å². The second kappa shape index (κ2) is 6.24. The fourth-order valence-electron chi connectivity index (χ4n) is 1.37. The highest BCUT2D eigenvalue weighted by Gasteiger charge is 2.04. The van der Waals surface area contributed by atoms with Crippen LogP contribution in [0.15, 0.2) is 18.2 Å². The van der Waals surface area contributed by atoms with Crippen molar-refractivity contribution in [2.45, 2.75) is 13.8 Å². The summed E-state index contributed by atoms with van der Waals surface area (Å²) in [4.78, 5) is 6.42. The van der Waals surface area contributed by atoms with Crippen molar-refractivity contribution in [1.82, 2.24) is 4.98 Å². The summed E-state index contributed by atoms with van der Waals surface area (Å²) in [6.07, 6.45) is 0. The Balaban J connectivity index is 2.57. The topological polar surface area (TPSA) is 51.4 Å². The molecule has 1 rings (SSSR count). The molecule has 0 bridgehead atoms. The zero-order valence-electron chi connectivity index (χ0n) is 9.44. The summed E-state index contributed by atoms with van der Waals surface area (Å²) in [7, 11) is 0. The van der Waals surface area contributed by atoms with Gasteiger partial charge in [-0.15, -0.1) is 0 Å². The van der Waals surface area contributed by atoms with Crippen LogP contribution in [0.3, 0.4) is 0 Å². The van der Waals surface area contributed by atoms with Crippen molar-refractivity contribution in [1.29, 1.82) is 0 Å². The third kappa shape index (κ3) is 3.75. The van der Waals surface area contributed by atoms with Crippen LogP contribution in [0.25, 0.3) is 0 Å². The van der Waals surface area contributed by atoms with E-state index in [0.29, 0.717) is 5.82 Å². The Hall–Kier alpha value is -1.29. The van der Waals surface area contributed by atoms with E-state index in [9.17, 15) is 0 Å². The van der Waals surface area contributed by atoms with Crippen molar-refractivity contribution in [2.75, 3.05) is 36.9 Å². The molecule has 0 atom stereocenters. The minimum atomic E-state index is 0.558. The number of anilines is 2. The molecule has 0 aliphatic heterocycles. The quantitative estimate of drug-likeness (QED) is 0.722. The fraction of sp³-hybridized carbons (Fsp3) is 0.545. The highest BCUT2D eigenvalue weighted by Crippen LogP contribution is 2.11. The Labute approximate surface area is 91.1 Å². The number of hydrogen-bond acceptors (Lipinski definition) is 4. The summed E-state index contributed by atoms with van der Waals surface area (Å²) >= 11 is 0. The van der Waals surface area contributed by atoms with Crippen molar-refractivity contribution in [3.05, 3.63) is 18.2 Å². The number of pyridine rings is 1. The Morgan fingerprint density at radius 1 is 1.40 bits per heavy atom. The average molecular weight is 209 g/mol. The lowest BCUT2D eigenvalue weighted by Crippen LogP contribution is -2.28. The first kappa shape index (κ1) is 11.8. The largest absolute Gasteiger partial charge is 0.384 e. The maximum absolute atomic E-state index is 5.64. The summed E-state index contributed by atoms with van der Waals surface area (Å²) in [6, 6.07) is 5.67.